The quantitative estimate of drug-likeness (QED) is 0.741. The lowest BCUT2D eigenvalue weighted by Crippen LogP contribution is -2.25. The van der Waals surface area contributed by atoms with E-state index in [1.807, 2.05) is 6.07 Å². The van der Waals surface area contributed by atoms with Gasteiger partial charge in [0.25, 0.3) is 11.5 Å². The van der Waals surface area contributed by atoms with Crippen molar-refractivity contribution in [2.24, 2.45) is 7.05 Å². The van der Waals surface area contributed by atoms with Crippen molar-refractivity contribution in [2.75, 3.05) is 10.6 Å². The largest absolute Gasteiger partial charge is 0.326 e. The van der Waals surface area contributed by atoms with Crippen molar-refractivity contribution in [3.8, 4) is 0 Å². The Hall–Kier alpha value is -3.48. The van der Waals surface area contributed by atoms with Crippen LogP contribution >= 0.6 is 0 Å². The van der Waals surface area contributed by atoms with E-state index in [-0.39, 0.29) is 17.2 Å². The summed E-state index contributed by atoms with van der Waals surface area (Å²) in [7, 11) is 1.51. The molecule has 7 nitrogen and oxygen atoms in total. The van der Waals surface area contributed by atoms with Crippen LogP contribution in [0.3, 0.4) is 0 Å². The second-order valence-corrected chi connectivity index (χ2v) is 6.20. The van der Waals surface area contributed by atoms with Crippen LogP contribution in [0.2, 0.25) is 0 Å². The smallest absolute Gasteiger partial charge is 0.276 e. The molecular formula is C19H16N4O3. The van der Waals surface area contributed by atoms with Crippen LogP contribution in [0.1, 0.15) is 22.5 Å². The molecule has 7 heteroatoms. The first-order valence-corrected chi connectivity index (χ1v) is 8.23. The number of carbonyl (C=O) groups excluding carboxylic acids is 2. The number of aryl methyl sites for hydroxylation is 2. The minimum absolute atomic E-state index is 0.0355. The Labute approximate surface area is 148 Å². The first-order valence-electron chi connectivity index (χ1n) is 8.23. The van der Waals surface area contributed by atoms with Gasteiger partial charge >= 0.3 is 0 Å². The standard InChI is InChI=1S/C19H16N4O3/c1-23-19(26)14-5-3-2-4-13(14)17(22-23)18(25)20-12-8-6-11-7-9-16(24)21-15(11)10-12/h2-6,8,10H,7,9H2,1H3,(H,20,25)(H,21,24). The Morgan fingerprint density at radius 2 is 1.88 bits per heavy atom. The number of aromatic nitrogens is 2. The molecule has 130 valence electrons. The number of nitrogens with one attached hydrogen (secondary N) is 2. The number of hydrogen-bond donors (Lipinski definition) is 2. The van der Waals surface area contributed by atoms with Crippen molar-refractivity contribution in [1.29, 1.82) is 0 Å². The van der Waals surface area contributed by atoms with Gasteiger partial charge in [-0.2, -0.15) is 5.10 Å². The number of rotatable bonds is 2. The first-order chi connectivity index (χ1) is 12.5. The van der Waals surface area contributed by atoms with E-state index in [1.165, 1.54) is 7.05 Å². The first kappa shape index (κ1) is 16.0. The lowest BCUT2D eigenvalue weighted by Gasteiger charge is -2.18. The van der Waals surface area contributed by atoms with Crippen LogP contribution in [0.4, 0.5) is 11.4 Å². The highest BCUT2D eigenvalue weighted by Crippen LogP contribution is 2.26. The average Bonchev–Trinajstić information content (AvgIpc) is 2.64. The Kier molecular flexibility index (Phi) is 3.76. The highest BCUT2D eigenvalue weighted by molar-refractivity contribution is 6.11. The summed E-state index contributed by atoms with van der Waals surface area (Å²) in [4.78, 5) is 36.5. The maximum Gasteiger partial charge on any atom is 0.276 e. The predicted molar refractivity (Wildman–Crippen MR) is 98.3 cm³/mol. The van der Waals surface area contributed by atoms with Crippen LogP contribution < -0.4 is 16.2 Å². The van der Waals surface area contributed by atoms with Gasteiger partial charge in [-0.15, -0.1) is 0 Å². The minimum atomic E-state index is -0.418. The number of hydrogen-bond acceptors (Lipinski definition) is 4. The molecule has 26 heavy (non-hydrogen) atoms. The van der Waals surface area contributed by atoms with Gasteiger partial charge < -0.3 is 10.6 Å². The third-order valence-electron chi connectivity index (χ3n) is 4.43. The molecule has 2 amide bonds. The van der Waals surface area contributed by atoms with Gasteiger partial charge in [0.15, 0.2) is 5.69 Å². The molecule has 1 aliphatic heterocycles. The molecule has 0 unspecified atom stereocenters. The molecular weight excluding hydrogens is 332 g/mol. The fraction of sp³-hybridized carbons (Fsp3) is 0.158. The molecule has 4 rings (SSSR count). The van der Waals surface area contributed by atoms with E-state index in [0.717, 1.165) is 10.2 Å². The number of benzene rings is 2. The van der Waals surface area contributed by atoms with E-state index >= 15 is 0 Å². The van der Waals surface area contributed by atoms with Crippen LogP contribution in [-0.2, 0) is 18.3 Å². The molecule has 2 N–H and O–H groups in total. The van der Waals surface area contributed by atoms with Crippen LogP contribution in [-0.4, -0.2) is 21.6 Å². The van der Waals surface area contributed by atoms with Crippen LogP contribution in [0.5, 0.6) is 0 Å². The number of fused-ring (bicyclic) bond motifs is 2. The maximum absolute atomic E-state index is 12.7. The minimum Gasteiger partial charge on any atom is -0.326 e. The summed E-state index contributed by atoms with van der Waals surface area (Å²) in [5.41, 5.74) is 2.21. The summed E-state index contributed by atoms with van der Waals surface area (Å²) in [6, 6.07) is 12.3. The normalized spacial score (nSPS) is 13.2. The zero-order valence-electron chi connectivity index (χ0n) is 14.1. The van der Waals surface area contributed by atoms with Gasteiger partial charge in [-0.05, 0) is 30.2 Å². The maximum atomic E-state index is 12.7. The van der Waals surface area contributed by atoms with Crippen LogP contribution in [0.15, 0.2) is 47.3 Å². The number of amides is 2. The molecule has 0 radical (unpaired) electrons. The van der Waals surface area contributed by atoms with E-state index in [9.17, 15) is 14.4 Å². The van der Waals surface area contributed by atoms with E-state index in [0.29, 0.717) is 35.0 Å². The molecule has 0 bridgehead atoms. The van der Waals surface area contributed by atoms with Crippen molar-refractivity contribution in [3.05, 3.63) is 64.1 Å². The molecule has 2 aromatic carbocycles. The summed E-state index contributed by atoms with van der Waals surface area (Å²) in [6.07, 6.45) is 1.15. The van der Waals surface area contributed by atoms with E-state index < -0.39 is 5.91 Å². The second-order valence-electron chi connectivity index (χ2n) is 6.20. The van der Waals surface area contributed by atoms with Gasteiger partial charge in [0.2, 0.25) is 5.91 Å². The zero-order chi connectivity index (χ0) is 18.3. The lowest BCUT2D eigenvalue weighted by molar-refractivity contribution is -0.116. The van der Waals surface area contributed by atoms with Gasteiger partial charge in [-0.25, -0.2) is 4.68 Å². The Balaban J connectivity index is 1.71. The Morgan fingerprint density at radius 1 is 1.12 bits per heavy atom. The molecule has 0 fully saturated rings. The summed E-state index contributed by atoms with van der Waals surface area (Å²) < 4.78 is 1.16. The molecule has 0 saturated carbocycles. The van der Waals surface area contributed by atoms with Gasteiger partial charge in [-0.3, -0.25) is 14.4 Å². The molecule has 0 aliphatic carbocycles. The van der Waals surface area contributed by atoms with Gasteiger partial charge in [0, 0.05) is 30.2 Å². The van der Waals surface area contributed by atoms with Crippen LogP contribution in [0.25, 0.3) is 10.8 Å². The number of nitrogens with zero attached hydrogens (tertiary/aromatic N) is 2. The Morgan fingerprint density at radius 3 is 2.69 bits per heavy atom. The molecule has 0 spiro atoms. The topological polar surface area (TPSA) is 93.1 Å². The third-order valence-corrected chi connectivity index (χ3v) is 4.43. The van der Waals surface area contributed by atoms with Gasteiger partial charge in [-0.1, -0.05) is 24.3 Å². The number of carbonyl (C=O) groups is 2. The fourth-order valence-corrected chi connectivity index (χ4v) is 3.11. The summed E-state index contributed by atoms with van der Waals surface area (Å²) in [5, 5.41) is 10.7. The summed E-state index contributed by atoms with van der Waals surface area (Å²) >= 11 is 0. The lowest BCUT2D eigenvalue weighted by atomic mass is 10.0. The van der Waals surface area contributed by atoms with Crippen molar-refractivity contribution < 1.29 is 9.59 Å². The zero-order valence-corrected chi connectivity index (χ0v) is 14.1. The average molecular weight is 348 g/mol. The Bertz CT molecular complexity index is 1120. The van der Waals surface area contributed by atoms with Crippen molar-refractivity contribution in [2.45, 2.75) is 12.8 Å². The van der Waals surface area contributed by atoms with E-state index in [4.69, 9.17) is 0 Å². The molecule has 2 heterocycles. The van der Waals surface area contributed by atoms with E-state index in [1.54, 1.807) is 36.4 Å². The summed E-state index contributed by atoms with van der Waals surface area (Å²) in [6.45, 7) is 0. The fourth-order valence-electron chi connectivity index (χ4n) is 3.11. The second kappa shape index (κ2) is 6.11. The molecule has 0 atom stereocenters. The monoisotopic (exact) mass is 348 g/mol. The number of anilines is 2. The van der Waals surface area contributed by atoms with Crippen molar-refractivity contribution >= 4 is 34.0 Å². The molecule has 0 saturated heterocycles. The van der Waals surface area contributed by atoms with E-state index in [2.05, 4.69) is 15.7 Å². The SMILES string of the molecule is Cn1nc(C(=O)Nc2ccc3c(c2)NC(=O)CC3)c2ccccc2c1=O. The third kappa shape index (κ3) is 2.73. The molecule has 3 aromatic rings. The highest BCUT2D eigenvalue weighted by Gasteiger charge is 2.18. The molecule has 1 aliphatic rings. The van der Waals surface area contributed by atoms with Crippen LogP contribution in [0, 0.1) is 0 Å². The predicted octanol–water partition coefficient (Wildman–Crippen LogP) is 2.07. The van der Waals surface area contributed by atoms with Crippen molar-refractivity contribution in [3.63, 3.8) is 0 Å². The summed E-state index contributed by atoms with van der Waals surface area (Å²) in [5.74, 6) is -0.453. The molecule has 1 aromatic heterocycles. The van der Waals surface area contributed by atoms with Gasteiger partial charge in [0.1, 0.15) is 0 Å². The van der Waals surface area contributed by atoms with Crippen molar-refractivity contribution in [1.82, 2.24) is 9.78 Å². The van der Waals surface area contributed by atoms with Gasteiger partial charge in [0.05, 0.1) is 5.39 Å². The highest BCUT2D eigenvalue weighted by atomic mass is 16.2.